The summed E-state index contributed by atoms with van der Waals surface area (Å²) in [4.78, 5) is 21.6. The summed E-state index contributed by atoms with van der Waals surface area (Å²) in [6, 6.07) is 9.09. The molecule has 1 atom stereocenters. The minimum Gasteiger partial charge on any atom is -0.481 e. The van der Waals surface area contributed by atoms with Crippen LogP contribution in [0.2, 0.25) is 0 Å². The van der Waals surface area contributed by atoms with Gasteiger partial charge in [0, 0.05) is 0 Å². The number of carboxylic acid groups (broad SMARTS) is 2. The van der Waals surface area contributed by atoms with E-state index in [1.807, 2.05) is 30.3 Å². The van der Waals surface area contributed by atoms with Crippen molar-refractivity contribution < 1.29 is 19.8 Å². The van der Waals surface area contributed by atoms with Gasteiger partial charge in [-0.05, 0) is 12.0 Å². The maximum Gasteiger partial charge on any atom is 0.310 e. The molecule has 2 N–H and O–H groups in total. The van der Waals surface area contributed by atoms with Crippen molar-refractivity contribution in [2.75, 3.05) is 0 Å². The third-order valence-corrected chi connectivity index (χ3v) is 2.45. The molecule has 0 bridgehead atoms. The topological polar surface area (TPSA) is 74.6 Å². The van der Waals surface area contributed by atoms with Gasteiger partial charge >= 0.3 is 11.9 Å². The minimum absolute atomic E-state index is 0.217. The standard InChI is InChI=1S/C13H14O4/c1-9(7-12(14)15)11(13(16)17)8-10-5-3-2-4-6-10/h2-6,11H,1,7-8H2,(H,14,15)(H,16,17). The molecular formula is C13H14O4. The van der Waals surface area contributed by atoms with Crippen molar-refractivity contribution in [3.05, 3.63) is 48.0 Å². The maximum atomic E-state index is 11.1. The fourth-order valence-electron chi connectivity index (χ4n) is 1.57. The lowest BCUT2D eigenvalue weighted by Gasteiger charge is -2.13. The molecule has 0 aliphatic heterocycles. The molecule has 4 heteroatoms. The van der Waals surface area contributed by atoms with Gasteiger partial charge in [0.15, 0.2) is 0 Å². The average Bonchev–Trinajstić information content (AvgIpc) is 2.25. The molecule has 0 saturated heterocycles. The lowest BCUT2D eigenvalue weighted by molar-refractivity contribution is -0.140. The zero-order chi connectivity index (χ0) is 12.8. The zero-order valence-electron chi connectivity index (χ0n) is 9.30. The van der Waals surface area contributed by atoms with Crippen molar-refractivity contribution in [3.63, 3.8) is 0 Å². The summed E-state index contributed by atoms with van der Waals surface area (Å²) in [6.07, 6.45) is -0.0495. The van der Waals surface area contributed by atoms with E-state index in [-0.39, 0.29) is 18.4 Å². The van der Waals surface area contributed by atoms with Crippen molar-refractivity contribution >= 4 is 11.9 Å². The van der Waals surface area contributed by atoms with E-state index in [1.165, 1.54) is 0 Å². The normalized spacial score (nSPS) is 11.8. The predicted molar refractivity (Wildman–Crippen MR) is 62.7 cm³/mol. The van der Waals surface area contributed by atoms with Crippen LogP contribution in [0.5, 0.6) is 0 Å². The van der Waals surface area contributed by atoms with Crippen LogP contribution in [0, 0.1) is 5.92 Å². The van der Waals surface area contributed by atoms with Crippen LogP contribution in [-0.4, -0.2) is 22.2 Å². The van der Waals surface area contributed by atoms with E-state index >= 15 is 0 Å². The Hall–Kier alpha value is -2.10. The maximum absolute atomic E-state index is 11.1. The van der Waals surface area contributed by atoms with Crippen LogP contribution in [0.15, 0.2) is 42.5 Å². The molecule has 4 nitrogen and oxygen atoms in total. The molecule has 0 heterocycles. The monoisotopic (exact) mass is 234 g/mol. The van der Waals surface area contributed by atoms with E-state index in [4.69, 9.17) is 10.2 Å². The Morgan fingerprint density at radius 1 is 1.18 bits per heavy atom. The van der Waals surface area contributed by atoms with Gasteiger partial charge in [-0.15, -0.1) is 0 Å². The third-order valence-electron chi connectivity index (χ3n) is 2.45. The van der Waals surface area contributed by atoms with Crippen LogP contribution in [0.3, 0.4) is 0 Å². The van der Waals surface area contributed by atoms with Gasteiger partial charge in [-0.3, -0.25) is 9.59 Å². The molecule has 0 spiro atoms. The molecule has 1 aromatic carbocycles. The van der Waals surface area contributed by atoms with Crippen molar-refractivity contribution in [2.24, 2.45) is 5.92 Å². The molecule has 0 aliphatic rings. The van der Waals surface area contributed by atoms with Crippen LogP contribution in [-0.2, 0) is 16.0 Å². The lowest BCUT2D eigenvalue weighted by atomic mass is 9.91. The SMILES string of the molecule is C=C(CC(=O)O)C(Cc1ccccc1)C(=O)O. The minimum atomic E-state index is -1.06. The van der Waals surface area contributed by atoms with Crippen LogP contribution in [0.4, 0.5) is 0 Å². The highest BCUT2D eigenvalue weighted by atomic mass is 16.4. The van der Waals surface area contributed by atoms with E-state index in [0.29, 0.717) is 0 Å². The van der Waals surface area contributed by atoms with Crippen molar-refractivity contribution in [3.8, 4) is 0 Å². The molecule has 0 saturated carbocycles. The number of hydrogen-bond acceptors (Lipinski definition) is 2. The fourth-order valence-corrected chi connectivity index (χ4v) is 1.57. The van der Waals surface area contributed by atoms with Gasteiger partial charge in [0.2, 0.25) is 0 Å². The summed E-state index contributed by atoms with van der Waals surface area (Å²) in [5, 5.41) is 17.7. The highest BCUT2D eigenvalue weighted by molar-refractivity contribution is 5.78. The summed E-state index contributed by atoms with van der Waals surface area (Å²) in [6.45, 7) is 3.55. The summed E-state index contributed by atoms with van der Waals surface area (Å²) < 4.78 is 0. The number of benzene rings is 1. The smallest absolute Gasteiger partial charge is 0.310 e. The Morgan fingerprint density at radius 3 is 2.24 bits per heavy atom. The van der Waals surface area contributed by atoms with Gasteiger partial charge in [-0.25, -0.2) is 0 Å². The molecule has 1 rings (SSSR count). The highest BCUT2D eigenvalue weighted by Gasteiger charge is 2.22. The van der Waals surface area contributed by atoms with Crippen molar-refractivity contribution in [1.29, 1.82) is 0 Å². The average molecular weight is 234 g/mol. The first-order chi connectivity index (χ1) is 8.00. The molecule has 0 aromatic heterocycles. The second-order valence-corrected chi connectivity index (χ2v) is 3.81. The molecule has 17 heavy (non-hydrogen) atoms. The lowest BCUT2D eigenvalue weighted by Crippen LogP contribution is -2.20. The van der Waals surface area contributed by atoms with Gasteiger partial charge in [0.05, 0.1) is 12.3 Å². The largest absolute Gasteiger partial charge is 0.481 e. The van der Waals surface area contributed by atoms with Gasteiger partial charge in [0.25, 0.3) is 0 Å². The van der Waals surface area contributed by atoms with Gasteiger partial charge in [0.1, 0.15) is 0 Å². The highest BCUT2D eigenvalue weighted by Crippen LogP contribution is 2.19. The van der Waals surface area contributed by atoms with Gasteiger partial charge < -0.3 is 10.2 Å². The molecule has 0 radical (unpaired) electrons. The number of aliphatic carboxylic acids is 2. The number of carbonyl (C=O) groups is 2. The first-order valence-corrected chi connectivity index (χ1v) is 5.17. The van der Waals surface area contributed by atoms with E-state index in [2.05, 4.69) is 6.58 Å². The van der Waals surface area contributed by atoms with Crippen LogP contribution >= 0.6 is 0 Å². The van der Waals surface area contributed by atoms with Crippen LogP contribution in [0.1, 0.15) is 12.0 Å². The predicted octanol–water partition coefficient (Wildman–Crippen LogP) is 1.96. The van der Waals surface area contributed by atoms with E-state index in [0.717, 1.165) is 5.56 Å². The summed E-state index contributed by atoms with van der Waals surface area (Å²) in [5.41, 5.74) is 1.07. The number of rotatable bonds is 6. The fraction of sp³-hybridized carbons (Fsp3) is 0.231. The molecule has 0 amide bonds. The first kappa shape index (κ1) is 13.0. The first-order valence-electron chi connectivity index (χ1n) is 5.17. The van der Waals surface area contributed by atoms with Gasteiger partial charge in [-0.1, -0.05) is 42.5 Å². The Balaban J connectivity index is 2.77. The second kappa shape index (κ2) is 5.84. The number of carboxylic acids is 2. The third kappa shape index (κ3) is 4.10. The molecule has 1 aromatic rings. The summed E-state index contributed by atoms with van der Waals surface area (Å²) in [7, 11) is 0. The zero-order valence-corrected chi connectivity index (χ0v) is 9.30. The number of hydrogen-bond donors (Lipinski definition) is 2. The second-order valence-electron chi connectivity index (χ2n) is 3.81. The molecule has 0 aliphatic carbocycles. The molecule has 1 unspecified atom stereocenters. The summed E-state index contributed by atoms with van der Waals surface area (Å²) in [5.74, 6) is -2.96. The Kier molecular flexibility index (Phi) is 4.46. The molecule has 0 fully saturated rings. The Bertz CT molecular complexity index is 422. The molecule has 90 valence electrons. The van der Waals surface area contributed by atoms with Crippen molar-refractivity contribution in [1.82, 2.24) is 0 Å². The van der Waals surface area contributed by atoms with Crippen LogP contribution < -0.4 is 0 Å². The van der Waals surface area contributed by atoms with E-state index in [1.54, 1.807) is 0 Å². The van der Waals surface area contributed by atoms with Crippen LogP contribution in [0.25, 0.3) is 0 Å². The van der Waals surface area contributed by atoms with Gasteiger partial charge in [-0.2, -0.15) is 0 Å². The van der Waals surface area contributed by atoms with E-state index < -0.39 is 17.9 Å². The van der Waals surface area contributed by atoms with Crippen molar-refractivity contribution in [2.45, 2.75) is 12.8 Å². The van der Waals surface area contributed by atoms with E-state index in [9.17, 15) is 9.59 Å². The Morgan fingerprint density at radius 2 is 1.76 bits per heavy atom. The Labute approximate surface area is 99.2 Å². The summed E-state index contributed by atoms with van der Waals surface area (Å²) >= 11 is 0. The molecular weight excluding hydrogens is 220 g/mol. The quantitative estimate of drug-likeness (QED) is 0.738.